The minimum atomic E-state index is -2.98. The highest BCUT2D eigenvalue weighted by Gasteiger charge is 2.24. The molecule has 7 heteroatoms. The topological polar surface area (TPSA) is 89.7 Å². The van der Waals surface area contributed by atoms with Crippen LogP contribution in [0.4, 0.5) is 0 Å². The second-order valence-corrected chi connectivity index (χ2v) is 6.71. The maximum absolute atomic E-state index is 12.0. The van der Waals surface area contributed by atoms with Crippen LogP contribution in [-0.2, 0) is 19.4 Å². The van der Waals surface area contributed by atoms with Crippen molar-refractivity contribution in [2.45, 2.75) is 25.9 Å². The quantitative estimate of drug-likeness (QED) is 0.724. The van der Waals surface area contributed by atoms with E-state index in [2.05, 4.69) is 0 Å². The van der Waals surface area contributed by atoms with Gasteiger partial charge in [0, 0.05) is 26.2 Å². The van der Waals surface area contributed by atoms with Gasteiger partial charge in [-0.15, -0.1) is 0 Å². The maximum Gasteiger partial charge on any atom is 0.225 e. The molecule has 18 heavy (non-hydrogen) atoms. The summed E-state index contributed by atoms with van der Waals surface area (Å²) < 4.78 is 28.2. The van der Waals surface area contributed by atoms with E-state index in [0.717, 1.165) is 0 Å². The third kappa shape index (κ3) is 4.91. The van der Waals surface area contributed by atoms with Gasteiger partial charge in [-0.1, -0.05) is 0 Å². The molecular formula is C11H22N2O4S. The van der Waals surface area contributed by atoms with Gasteiger partial charge in [0.2, 0.25) is 5.91 Å². The van der Waals surface area contributed by atoms with Crippen molar-refractivity contribution in [1.29, 1.82) is 0 Å². The zero-order valence-electron chi connectivity index (χ0n) is 10.8. The molecule has 1 atom stereocenters. The molecular weight excluding hydrogens is 256 g/mol. The summed E-state index contributed by atoms with van der Waals surface area (Å²) in [5.41, 5.74) is 5.52. The van der Waals surface area contributed by atoms with Crippen LogP contribution in [0.3, 0.4) is 0 Å². The SMILES string of the molecule is CCOC(CN)CC(=O)N1CCCS(=O)(=O)CC1. The fourth-order valence-corrected chi connectivity index (χ4v) is 3.23. The Bertz CT molecular complexity index is 369. The van der Waals surface area contributed by atoms with Gasteiger partial charge in [-0.3, -0.25) is 4.79 Å². The van der Waals surface area contributed by atoms with E-state index < -0.39 is 9.84 Å². The van der Waals surface area contributed by atoms with Gasteiger partial charge in [0.15, 0.2) is 9.84 Å². The number of hydrogen-bond acceptors (Lipinski definition) is 5. The van der Waals surface area contributed by atoms with Crippen molar-refractivity contribution in [3.05, 3.63) is 0 Å². The average molecular weight is 278 g/mol. The Morgan fingerprint density at radius 1 is 1.39 bits per heavy atom. The molecule has 1 rings (SSSR count). The first-order chi connectivity index (χ1) is 8.48. The van der Waals surface area contributed by atoms with Crippen molar-refractivity contribution in [1.82, 2.24) is 4.90 Å². The van der Waals surface area contributed by atoms with Gasteiger partial charge in [0.1, 0.15) is 0 Å². The minimum absolute atomic E-state index is 0.0562. The first-order valence-corrected chi connectivity index (χ1v) is 8.10. The molecule has 0 aromatic heterocycles. The lowest BCUT2D eigenvalue weighted by atomic mass is 10.2. The van der Waals surface area contributed by atoms with Gasteiger partial charge in [-0.2, -0.15) is 0 Å². The Balaban J connectivity index is 2.51. The van der Waals surface area contributed by atoms with Crippen LogP contribution in [0.25, 0.3) is 0 Å². The lowest BCUT2D eigenvalue weighted by Crippen LogP contribution is -2.38. The Morgan fingerprint density at radius 2 is 2.11 bits per heavy atom. The van der Waals surface area contributed by atoms with E-state index in [1.54, 1.807) is 4.90 Å². The average Bonchev–Trinajstić information content (AvgIpc) is 2.49. The molecule has 2 N–H and O–H groups in total. The second kappa shape index (κ2) is 7.06. The number of nitrogens with zero attached hydrogens (tertiary/aromatic N) is 1. The summed E-state index contributed by atoms with van der Waals surface area (Å²) >= 11 is 0. The Labute approximate surface area is 108 Å². The van der Waals surface area contributed by atoms with E-state index in [-0.39, 0.29) is 36.5 Å². The third-order valence-electron chi connectivity index (χ3n) is 2.98. The van der Waals surface area contributed by atoms with Gasteiger partial charge in [-0.25, -0.2) is 8.42 Å². The molecule has 1 saturated heterocycles. The predicted octanol–water partition coefficient (Wildman–Crippen LogP) is -0.613. The van der Waals surface area contributed by atoms with E-state index in [1.807, 2.05) is 6.92 Å². The summed E-state index contributed by atoms with van der Waals surface area (Å²) in [7, 11) is -2.98. The molecule has 106 valence electrons. The molecule has 0 bridgehead atoms. The van der Waals surface area contributed by atoms with Crippen LogP contribution in [0.1, 0.15) is 19.8 Å². The molecule has 1 amide bonds. The van der Waals surface area contributed by atoms with Crippen molar-refractivity contribution in [3.63, 3.8) is 0 Å². The molecule has 6 nitrogen and oxygen atoms in total. The molecule has 0 radical (unpaired) electrons. The predicted molar refractivity (Wildman–Crippen MR) is 68.9 cm³/mol. The van der Waals surface area contributed by atoms with Crippen LogP contribution in [-0.4, -0.2) is 63.1 Å². The normalized spacial score (nSPS) is 21.3. The summed E-state index contributed by atoms with van der Waals surface area (Å²) in [4.78, 5) is 13.6. The van der Waals surface area contributed by atoms with E-state index >= 15 is 0 Å². The first-order valence-electron chi connectivity index (χ1n) is 6.28. The van der Waals surface area contributed by atoms with Gasteiger partial charge >= 0.3 is 0 Å². The van der Waals surface area contributed by atoms with Crippen LogP contribution in [0.15, 0.2) is 0 Å². The maximum atomic E-state index is 12.0. The number of amides is 1. The number of carbonyl (C=O) groups is 1. The van der Waals surface area contributed by atoms with E-state index in [1.165, 1.54) is 0 Å². The zero-order valence-corrected chi connectivity index (χ0v) is 11.6. The molecule has 1 unspecified atom stereocenters. The third-order valence-corrected chi connectivity index (χ3v) is 4.69. The Hall–Kier alpha value is -0.660. The first kappa shape index (κ1) is 15.4. The van der Waals surface area contributed by atoms with Crippen LogP contribution in [0.5, 0.6) is 0 Å². The molecule has 0 aliphatic carbocycles. The summed E-state index contributed by atoms with van der Waals surface area (Å²) in [6, 6.07) is 0. The summed E-state index contributed by atoms with van der Waals surface area (Å²) in [5.74, 6) is 0.152. The largest absolute Gasteiger partial charge is 0.377 e. The van der Waals surface area contributed by atoms with Crippen LogP contribution in [0, 0.1) is 0 Å². The fourth-order valence-electron chi connectivity index (χ4n) is 1.96. The number of nitrogens with two attached hydrogens (primary N) is 1. The number of sulfone groups is 1. The van der Waals surface area contributed by atoms with E-state index in [4.69, 9.17) is 10.5 Å². The molecule has 0 aromatic rings. The number of ether oxygens (including phenoxy) is 1. The lowest BCUT2D eigenvalue weighted by molar-refractivity contribution is -0.133. The van der Waals surface area contributed by atoms with Gasteiger partial charge < -0.3 is 15.4 Å². The van der Waals surface area contributed by atoms with Crippen molar-refractivity contribution in [3.8, 4) is 0 Å². The molecule has 0 spiro atoms. The summed E-state index contributed by atoms with van der Waals surface area (Å²) in [6.07, 6.45) is 0.461. The van der Waals surface area contributed by atoms with Crippen LogP contribution in [0.2, 0.25) is 0 Å². The van der Waals surface area contributed by atoms with Crippen LogP contribution >= 0.6 is 0 Å². The van der Waals surface area contributed by atoms with E-state index in [9.17, 15) is 13.2 Å². The van der Waals surface area contributed by atoms with E-state index in [0.29, 0.717) is 26.1 Å². The smallest absolute Gasteiger partial charge is 0.225 e. The molecule has 1 aliphatic heterocycles. The lowest BCUT2D eigenvalue weighted by Gasteiger charge is -2.22. The number of hydrogen-bond donors (Lipinski definition) is 1. The second-order valence-electron chi connectivity index (χ2n) is 4.40. The fraction of sp³-hybridized carbons (Fsp3) is 0.909. The van der Waals surface area contributed by atoms with Crippen molar-refractivity contribution in [2.24, 2.45) is 5.73 Å². The Kier molecular flexibility index (Phi) is 6.04. The highest BCUT2D eigenvalue weighted by atomic mass is 32.2. The van der Waals surface area contributed by atoms with Crippen molar-refractivity contribution >= 4 is 15.7 Å². The highest BCUT2D eigenvalue weighted by molar-refractivity contribution is 7.91. The molecule has 0 aromatic carbocycles. The highest BCUT2D eigenvalue weighted by Crippen LogP contribution is 2.08. The molecule has 0 saturated carbocycles. The van der Waals surface area contributed by atoms with Crippen molar-refractivity contribution < 1.29 is 17.9 Å². The van der Waals surface area contributed by atoms with Gasteiger partial charge in [0.05, 0.1) is 24.0 Å². The van der Waals surface area contributed by atoms with Crippen LogP contribution < -0.4 is 5.73 Å². The molecule has 1 fully saturated rings. The summed E-state index contributed by atoms with van der Waals surface area (Å²) in [5, 5.41) is 0. The summed E-state index contributed by atoms with van der Waals surface area (Å²) in [6.45, 7) is 3.45. The van der Waals surface area contributed by atoms with Gasteiger partial charge in [-0.05, 0) is 13.3 Å². The minimum Gasteiger partial charge on any atom is -0.377 e. The number of rotatable bonds is 5. The zero-order chi connectivity index (χ0) is 13.6. The van der Waals surface area contributed by atoms with Gasteiger partial charge in [0.25, 0.3) is 0 Å². The monoisotopic (exact) mass is 278 g/mol. The molecule has 1 aliphatic rings. The standard InChI is InChI=1S/C11H22N2O4S/c1-2-17-10(9-12)8-11(14)13-4-3-6-18(15,16)7-5-13/h10H,2-9,12H2,1H3. The Morgan fingerprint density at radius 3 is 2.72 bits per heavy atom. The van der Waals surface area contributed by atoms with Crippen molar-refractivity contribution in [2.75, 3.05) is 37.7 Å². The molecule has 1 heterocycles. The number of carbonyl (C=O) groups excluding carboxylic acids is 1.